The Morgan fingerprint density at radius 2 is 2.00 bits per heavy atom. The summed E-state index contributed by atoms with van der Waals surface area (Å²) < 4.78 is 13.3. The first-order chi connectivity index (χ1) is 8.50. The zero-order valence-corrected chi connectivity index (χ0v) is 10.8. The predicted octanol–water partition coefficient (Wildman–Crippen LogP) is 1.63. The minimum absolute atomic E-state index is 0.216. The molecule has 3 nitrogen and oxygen atoms in total. The molecule has 1 saturated heterocycles. The molecular formula is C14H21FN2O. The van der Waals surface area contributed by atoms with Gasteiger partial charge in [-0.1, -0.05) is 6.07 Å². The van der Waals surface area contributed by atoms with Crippen molar-refractivity contribution in [3.05, 3.63) is 35.1 Å². The lowest BCUT2D eigenvalue weighted by Gasteiger charge is -2.36. The Bertz CT molecular complexity index is 410. The highest BCUT2D eigenvalue weighted by atomic mass is 19.1. The number of hydrogen-bond donors (Lipinski definition) is 2. The molecule has 0 aliphatic carbocycles. The number of nitrogens with two attached hydrogens (primary N) is 1. The lowest BCUT2D eigenvalue weighted by atomic mass is 9.93. The van der Waals surface area contributed by atoms with E-state index in [1.165, 1.54) is 6.07 Å². The molecule has 3 N–H and O–H groups in total. The summed E-state index contributed by atoms with van der Waals surface area (Å²) in [6.07, 6.45) is 1.53. The van der Waals surface area contributed by atoms with Gasteiger partial charge in [-0.2, -0.15) is 0 Å². The second-order valence-corrected chi connectivity index (χ2v) is 5.39. The molecule has 0 bridgehead atoms. The fraction of sp³-hybridized carbons (Fsp3) is 0.571. The molecule has 0 unspecified atom stereocenters. The van der Waals surface area contributed by atoms with Gasteiger partial charge in [0.2, 0.25) is 0 Å². The SMILES string of the molecule is CC1(O)CCN(Cc2cc(F)ccc2CN)CC1. The molecule has 4 heteroatoms. The zero-order valence-electron chi connectivity index (χ0n) is 10.8. The van der Waals surface area contributed by atoms with Crippen LogP contribution in [0.4, 0.5) is 4.39 Å². The van der Waals surface area contributed by atoms with Crippen LogP contribution in [0.5, 0.6) is 0 Å². The van der Waals surface area contributed by atoms with E-state index in [0.29, 0.717) is 13.1 Å². The normalized spacial score (nSPS) is 20.0. The molecule has 0 radical (unpaired) electrons. The molecule has 1 aromatic carbocycles. The molecule has 1 aliphatic heterocycles. The maximum atomic E-state index is 13.3. The van der Waals surface area contributed by atoms with E-state index in [2.05, 4.69) is 4.90 Å². The summed E-state index contributed by atoms with van der Waals surface area (Å²) in [5.41, 5.74) is 7.07. The summed E-state index contributed by atoms with van der Waals surface area (Å²) in [5.74, 6) is -0.216. The average molecular weight is 252 g/mol. The molecule has 2 rings (SSSR count). The van der Waals surface area contributed by atoms with E-state index in [0.717, 1.165) is 37.1 Å². The third-order valence-corrected chi connectivity index (χ3v) is 3.72. The molecule has 18 heavy (non-hydrogen) atoms. The molecule has 0 saturated carbocycles. The van der Waals surface area contributed by atoms with Crippen molar-refractivity contribution >= 4 is 0 Å². The molecule has 1 aromatic rings. The average Bonchev–Trinajstić information content (AvgIpc) is 2.32. The number of nitrogens with zero attached hydrogens (tertiary/aromatic N) is 1. The number of likely N-dealkylation sites (tertiary alicyclic amines) is 1. The first kappa shape index (κ1) is 13.5. The van der Waals surface area contributed by atoms with Gasteiger partial charge in [0.1, 0.15) is 5.82 Å². The summed E-state index contributed by atoms with van der Waals surface area (Å²) in [5, 5.41) is 9.90. The van der Waals surface area contributed by atoms with Gasteiger partial charge in [0.25, 0.3) is 0 Å². The van der Waals surface area contributed by atoms with E-state index in [1.54, 1.807) is 12.1 Å². The lowest BCUT2D eigenvalue weighted by molar-refractivity contribution is -0.00736. The molecule has 100 valence electrons. The van der Waals surface area contributed by atoms with E-state index in [9.17, 15) is 9.50 Å². The Labute approximate surface area is 107 Å². The van der Waals surface area contributed by atoms with Crippen LogP contribution in [0.2, 0.25) is 0 Å². The van der Waals surface area contributed by atoms with Gasteiger partial charge in [-0.3, -0.25) is 4.90 Å². The number of halogens is 1. The minimum atomic E-state index is -0.546. The Kier molecular flexibility index (Phi) is 4.00. The molecule has 1 aliphatic rings. The van der Waals surface area contributed by atoms with Crippen molar-refractivity contribution in [2.45, 2.75) is 38.5 Å². The first-order valence-corrected chi connectivity index (χ1v) is 6.42. The lowest BCUT2D eigenvalue weighted by Crippen LogP contribution is -2.42. The molecule has 0 aromatic heterocycles. The quantitative estimate of drug-likeness (QED) is 0.859. The van der Waals surface area contributed by atoms with E-state index < -0.39 is 5.60 Å². The highest BCUT2D eigenvalue weighted by molar-refractivity contribution is 5.27. The van der Waals surface area contributed by atoms with Crippen LogP contribution in [-0.4, -0.2) is 28.7 Å². The summed E-state index contributed by atoms with van der Waals surface area (Å²) in [7, 11) is 0. The maximum absolute atomic E-state index is 13.3. The van der Waals surface area contributed by atoms with Gasteiger partial charge >= 0.3 is 0 Å². The highest BCUT2D eigenvalue weighted by Crippen LogP contribution is 2.23. The van der Waals surface area contributed by atoms with Crippen molar-refractivity contribution in [1.82, 2.24) is 4.90 Å². The third-order valence-electron chi connectivity index (χ3n) is 3.72. The Morgan fingerprint density at radius 1 is 1.33 bits per heavy atom. The van der Waals surface area contributed by atoms with Crippen molar-refractivity contribution < 1.29 is 9.50 Å². The molecule has 0 atom stereocenters. The fourth-order valence-electron chi connectivity index (χ4n) is 2.37. The first-order valence-electron chi connectivity index (χ1n) is 6.42. The maximum Gasteiger partial charge on any atom is 0.123 e. The molecular weight excluding hydrogens is 231 g/mol. The van der Waals surface area contributed by atoms with Gasteiger partial charge < -0.3 is 10.8 Å². The van der Waals surface area contributed by atoms with Crippen LogP contribution >= 0.6 is 0 Å². The molecule has 1 heterocycles. The van der Waals surface area contributed by atoms with E-state index >= 15 is 0 Å². The largest absolute Gasteiger partial charge is 0.390 e. The highest BCUT2D eigenvalue weighted by Gasteiger charge is 2.27. The second kappa shape index (κ2) is 5.34. The van der Waals surface area contributed by atoms with E-state index in [1.807, 2.05) is 6.92 Å². The smallest absolute Gasteiger partial charge is 0.123 e. The summed E-state index contributed by atoms with van der Waals surface area (Å²) >= 11 is 0. The fourth-order valence-corrected chi connectivity index (χ4v) is 2.37. The number of rotatable bonds is 3. The number of aliphatic hydroxyl groups is 1. The van der Waals surface area contributed by atoms with Gasteiger partial charge in [-0.15, -0.1) is 0 Å². The summed E-state index contributed by atoms with van der Waals surface area (Å²) in [4.78, 5) is 2.24. The van der Waals surface area contributed by atoms with Crippen LogP contribution in [0.3, 0.4) is 0 Å². The van der Waals surface area contributed by atoms with Gasteiger partial charge in [-0.05, 0) is 43.0 Å². The van der Waals surface area contributed by atoms with Gasteiger partial charge in [0.15, 0.2) is 0 Å². The Morgan fingerprint density at radius 3 is 2.61 bits per heavy atom. The number of hydrogen-bond acceptors (Lipinski definition) is 3. The molecule has 0 amide bonds. The van der Waals surface area contributed by atoms with E-state index in [-0.39, 0.29) is 5.82 Å². The van der Waals surface area contributed by atoms with Crippen molar-refractivity contribution in [1.29, 1.82) is 0 Å². The Hall–Kier alpha value is -0.970. The van der Waals surface area contributed by atoms with Crippen molar-refractivity contribution in [2.75, 3.05) is 13.1 Å². The van der Waals surface area contributed by atoms with Crippen LogP contribution in [0.15, 0.2) is 18.2 Å². The number of benzene rings is 1. The van der Waals surface area contributed by atoms with Crippen LogP contribution in [-0.2, 0) is 13.1 Å². The van der Waals surface area contributed by atoms with E-state index in [4.69, 9.17) is 5.73 Å². The summed E-state index contributed by atoms with van der Waals surface area (Å²) in [6, 6.07) is 4.77. The second-order valence-electron chi connectivity index (χ2n) is 5.39. The zero-order chi connectivity index (χ0) is 13.2. The van der Waals surface area contributed by atoms with Crippen LogP contribution in [0, 0.1) is 5.82 Å². The van der Waals surface area contributed by atoms with Gasteiger partial charge in [0, 0.05) is 26.2 Å². The minimum Gasteiger partial charge on any atom is -0.390 e. The standard InChI is InChI=1S/C14H21FN2O/c1-14(18)4-6-17(7-5-14)10-12-8-13(15)3-2-11(12)9-16/h2-3,8,18H,4-7,9-10,16H2,1H3. The van der Waals surface area contributed by atoms with Gasteiger partial charge in [-0.25, -0.2) is 4.39 Å². The van der Waals surface area contributed by atoms with Gasteiger partial charge in [0.05, 0.1) is 5.60 Å². The Balaban J connectivity index is 2.04. The monoisotopic (exact) mass is 252 g/mol. The van der Waals surface area contributed by atoms with Crippen LogP contribution in [0.25, 0.3) is 0 Å². The third kappa shape index (κ3) is 3.28. The van der Waals surface area contributed by atoms with Crippen molar-refractivity contribution in [3.8, 4) is 0 Å². The molecule has 1 fully saturated rings. The predicted molar refractivity (Wildman–Crippen MR) is 69.4 cm³/mol. The van der Waals surface area contributed by atoms with Crippen LogP contribution < -0.4 is 5.73 Å². The van der Waals surface area contributed by atoms with Crippen LogP contribution in [0.1, 0.15) is 30.9 Å². The summed E-state index contributed by atoms with van der Waals surface area (Å²) in [6.45, 7) is 4.69. The topological polar surface area (TPSA) is 49.5 Å². The number of piperidine rings is 1. The molecule has 0 spiro atoms. The van der Waals surface area contributed by atoms with Crippen molar-refractivity contribution in [3.63, 3.8) is 0 Å². The van der Waals surface area contributed by atoms with Crippen molar-refractivity contribution in [2.24, 2.45) is 5.73 Å².